The van der Waals surface area contributed by atoms with Crippen molar-refractivity contribution >= 4 is 22.6 Å². The molecule has 5 nitrogen and oxygen atoms in total. The lowest BCUT2D eigenvalue weighted by molar-refractivity contribution is -0.117. The molecular weight excluding hydrogens is 441 g/mol. The number of allylic oxidation sites excluding steroid dienone is 1. The molecule has 4 aromatic rings. The molecule has 0 radical (unpaired) electrons. The molecular formula is C29H28FN3O2. The second-order valence-electron chi connectivity index (χ2n) is 8.77. The number of para-hydroxylation sites is 4. The smallest absolute Gasteiger partial charge is 0.227 e. The van der Waals surface area contributed by atoms with Crippen LogP contribution in [0.3, 0.4) is 0 Å². The molecule has 0 aliphatic carbocycles. The van der Waals surface area contributed by atoms with Crippen molar-refractivity contribution in [1.29, 1.82) is 0 Å². The summed E-state index contributed by atoms with van der Waals surface area (Å²) in [6.45, 7) is 5.51. The highest BCUT2D eigenvalue weighted by Crippen LogP contribution is 2.34. The van der Waals surface area contributed by atoms with Gasteiger partial charge in [-0.3, -0.25) is 4.79 Å². The summed E-state index contributed by atoms with van der Waals surface area (Å²) >= 11 is 0. The van der Waals surface area contributed by atoms with Gasteiger partial charge in [0.2, 0.25) is 5.91 Å². The molecule has 5 rings (SSSR count). The fourth-order valence-corrected chi connectivity index (χ4v) is 4.80. The summed E-state index contributed by atoms with van der Waals surface area (Å²) in [6.07, 6.45) is 3.73. The Kier molecular flexibility index (Phi) is 6.62. The Balaban J connectivity index is 1.34. The highest BCUT2D eigenvalue weighted by Gasteiger charge is 2.35. The van der Waals surface area contributed by atoms with Gasteiger partial charge in [-0.05, 0) is 48.7 Å². The number of carbonyl (C=O) groups excluding carboxylic acids is 1. The molecule has 2 heterocycles. The molecule has 1 amide bonds. The summed E-state index contributed by atoms with van der Waals surface area (Å²) in [5.41, 5.74) is 3.38. The van der Waals surface area contributed by atoms with E-state index in [0.29, 0.717) is 31.8 Å². The van der Waals surface area contributed by atoms with E-state index in [0.717, 1.165) is 41.0 Å². The van der Waals surface area contributed by atoms with Crippen molar-refractivity contribution in [1.82, 2.24) is 9.55 Å². The number of halogens is 1. The van der Waals surface area contributed by atoms with Crippen LogP contribution in [0, 0.1) is 5.82 Å². The highest BCUT2D eigenvalue weighted by atomic mass is 19.1. The van der Waals surface area contributed by atoms with Crippen LogP contribution in [0.15, 0.2) is 85.5 Å². The number of anilines is 1. The molecule has 0 spiro atoms. The van der Waals surface area contributed by atoms with Gasteiger partial charge in [0.25, 0.3) is 0 Å². The van der Waals surface area contributed by atoms with Crippen molar-refractivity contribution in [3.63, 3.8) is 0 Å². The molecule has 6 heteroatoms. The van der Waals surface area contributed by atoms with Crippen molar-refractivity contribution in [2.45, 2.75) is 31.7 Å². The molecule has 35 heavy (non-hydrogen) atoms. The predicted molar refractivity (Wildman–Crippen MR) is 136 cm³/mol. The van der Waals surface area contributed by atoms with Gasteiger partial charge in [0.1, 0.15) is 17.4 Å². The third-order valence-electron chi connectivity index (χ3n) is 6.44. The van der Waals surface area contributed by atoms with E-state index >= 15 is 0 Å². The Bertz CT molecular complexity index is 1360. The number of rotatable bonds is 9. The van der Waals surface area contributed by atoms with E-state index in [2.05, 4.69) is 23.3 Å². The van der Waals surface area contributed by atoms with Gasteiger partial charge in [-0.1, -0.05) is 48.5 Å². The van der Waals surface area contributed by atoms with Crippen LogP contribution in [0.1, 0.15) is 30.1 Å². The van der Waals surface area contributed by atoms with Crippen LogP contribution in [0.4, 0.5) is 10.1 Å². The number of fused-ring (bicyclic) bond motifs is 1. The van der Waals surface area contributed by atoms with E-state index in [1.54, 1.807) is 23.1 Å². The first-order valence-electron chi connectivity index (χ1n) is 12.0. The van der Waals surface area contributed by atoms with Crippen LogP contribution in [-0.4, -0.2) is 28.6 Å². The van der Waals surface area contributed by atoms with Gasteiger partial charge < -0.3 is 14.2 Å². The highest BCUT2D eigenvalue weighted by molar-refractivity contribution is 5.96. The number of amides is 1. The molecule has 0 N–H and O–H groups in total. The van der Waals surface area contributed by atoms with E-state index in [1.165, 1.54) is 6.07 Å². The molecule has 0 bridgehead atoms. The van der Waals surface area contributed by atoms with E-state index in [-0.39, 0.29) is 17.6 Å². The molecule has 1 saturated heterocycles. The lowest BCUT2D eigenvalue weighted by Crippen LogP contribution is -2.25. The van der Waals surface area contributed by atoms with Crippen molar-refractivity contribution in [3.8, 4) is 5.75 Å². The third-order valence-corrected chi connectivity index (χ3v) is 6.44. The first-order chi connectivity index (χ1) is 17.2. The molecule has 3 aromatic carbocycles. The monoisotopic (exact) mass is 469 g/mol. The average Bonchev–Trinajstić information content (AvgIpc) is 3.43. The number of aryl methyl sites for hydroxylation is 1. The minimum atomic E-state index is -0.385. The minimum Gasteiger partial charge on any atom is -0.493 e. The molecule has 1 fully saturated rings. The normalized spacial score (nSPS) is 15.6. The van der Waals surface area contributed by atoms with E-state index in [4.69, 9.17) is 9.72 Å². The van der Waals surface area contributed by atoms with Gasteiger partial charge in [-0.15, -0.1) is 6.58 Å². The number of hydrogen-bond acceptors (Lipinski definition) is 3. The second kappa shape index (κ2) is 10.1. The summed E-state index contributed by atoms with van der Waals surface area (Å²) in [5.74, 6) is 1.17. The minimum absolute atomic E-state index is 0.0825. The average molecular weight is 470 g/mol. The molecule has 178 valence electrons. The Morgan fingerprint density at radius 1 is 1.06 bits per heavy atom. The maximum absolute atomic E-state index is 14.4. The Morgan fingerprint density at radius 3 is 2.69 bits per heavy atom. The molecule has 1 aliphatic heterocycles. The van der Waals surface area contributed by atoms with Gasteiger partial charge in [-0.25, -0.2) is 9.37 Å². The zero-order valence-electron chi connectivity index (χ0n) is 19.6. The van der Waals surface area contributed by atoms with Crippen LogP contribution in [0.2, 0.25) is 0 Å². The third kappa shape index (κ3) is 4.69. The largest absolute Gasteiger partial charge is 0.493 e. The Morgan fingerprint density at radius 2 is 1.83 bits per heavy atom. The number of ether oxygens (including phenoxy) is 1. The SMILES string of the molecule is C=CCc1ccccc1OCCCn1c(C2CC(=O)N(c3ccccc3F)C2)nc2ccccc21. The van der Waals surface area contributed by atoms with Gasteiger partial charge in [0.05, 0.1) is 23.3 Å². The topological polar surface area (TPSA) is 47.4 Å². The summed E-state index contributed by atoms with van der Waals surface area (Å²) in [6, 6.07) is 22.4. The lowest BCUT2D eigenvalue weighted by Gasteiger charge is -2.18. The van der Waals surface area contributed by atoms with Crippen LogP contribution < -0.4 is 9.64 Å². The van der Waals surface area contributed by atoms with Crippen LogP contribution in [0.25, 0.3) is 11.0 Å². The number of carbonyl (C=O) groups is 1. The van der Waals surface area contributed by atoms with E-state index in [9.17, 15) is 9.18 Å². The first kappa shape index (κ1) is 22.8. The summed E-state index contributed by atoms with van der Waals surface area (Å²) < 4.78 is 22.7. The lowest BCUT2D eigenvalue weighted by atomic mass is 10.1. The number of hydrogen-bond donors (Lipinski definition) is 0. The summed E-state index contributed by atoms with van der Waals surface area (Å²) in [7, 11) is 0. The number of nitrogens with zero attached hydrogens (tertiary/aromatic N) is 3. The molecule has 1 unspecified atom stereocenters. The zero-order valence-corrected chi connectivity index (χ0v) is 19.6. The van der Waals surface area contributed by atoms with Crippen molar-refractivity contribution in [3.05, 3.63) is 103 Å². The van der Waals surface area contributed by atoms with E-state index in [1.807, 2.05) is 42.5 Å². The van der Waals surface area contributed by atoms with Crippen LogP contribution >= 0.6 is 0 Å². The summed E-state index contributed by atoms with van der Waals surface area (Å²) in [4.78, 5) is 19.3. The fourth-order valence-electron chi connectivity index (χ4n) is 4.80. The van der Waals surface area contributed by atoms with Crippen molar-refractivity contribution < 1.29 is 13.9 Å². The molecule has 1 aliphatic rings. The fraction of sp³-hybridized carbons (Fsp3) is 0.241. The summed E-state index contributed by atoms with van der Waals surface area (Å²) in [5, 5.41) is 0. The van der Waals surface area contributed by atoms with Crippen LogP contribution in [0.5, 0.6) is 5.75 Å². The van der Waals surface area contributed by atoms with Crippen molar-refractivity contribution in [2.24, 2.45) is 0 Å². The first-order valence-corrected chi connectivity index (χ1v) is 12.0. The Hall–Kier alpha value is -3.93. The molecule has 1 atom stereocenters. The van der Waals surface area contributed by atoms with E-state index < -0.39 is 0 Å². The number of imidazole rings is 1. The van der Waals surface area contributed by atoms with Gasteiger partial charge >= 0.3 is 0 Å². The number of benzene rings is 3. The zero-order chi connectivity index (χ0) is 24.2. The predicted octanol–water partition coefficient (Wildman–Crippen LogP) is 5.89. The quantitative estimate of drug-likeness (QED) is 0.227. The van der Waals surface area contributed by atoms with Crippen molar-refractivity contribution in [2.75, 3.05) is 18.1 Å². The van der Waals surface area contributed by atoms with Gasteiger partial charge in [0.15, 0.2) is 0 Å². The number of aromatic nitrogens is 2. The molecule has 0 saturated carbocycles. The van der Waals surface area contributed by atoms with Gasteiger partial charge in [-0.2, -0.15) is 0 Å². The Labute approximate surface area is 204 Å². The standard InChI is InChI=1S/C29H28FN3O2/c1-2-10-21-11-3-8-16-27(21)35-18-9-17-32-26-15-7-5-13-24(26)31-29(32)22-19-28(34)33(20-22)25-14-6-4-12-23(25)30/h2-8,11-16,22H,1,9-10,17-20H2. The molecule has 1 aromatic heterocycles. The second-order valence-corrected chi connectivity index (χ2v) is 8.77. The maximum atomic E-state index is 14.4. The van der Waals surface area contributed by atoms with Gasteiger partial charge in [0, 0.05) is 25.4 Å². The maximum Gasteiger partial charge on any atom is 0.227 e. The van der Waals surface area contributed by atoms with Crippen LogP contribution in [-0.2, 0) is 17.8 Å².